The van der Waals surface area contributed by atoms with Crippen molar-refractivity contribution < 1.29 is 19.5 Å². The molecule has 1 fully saturated rings. The molecule has 0 aliphatic carbocycles. The van der Waals surface area contributed by atoms with Gasteiger partial charge >= 0.3 is 5.97 Å². The first kappa shape index (κ1) is 18.9. The number of hydrogen-bond acceptors (Lipinski definition) is 4. The van der Waals surface area contributed by atoms with Crippen molar-refractivity contribution in [1.29, 1.82) is 0 Å². The van der Waals surface area contributed by atoms with Gasteiger partial charge in [-0.05, 0) is 37.1 Å². The molecule has 1 saturated heterocycles. The third-order valence-electron chi connectivity index (χ3n) is 4.15. The molecule has 1 aliphatic heterocycles. The number of aliphatic carboxylic acids is 1. The number of nitrogens with zero attached hydrogens (tertiary/aromatic N) is 1. The second kappa shape index (κ2) is 9.17. The van der Waals surface area contributed by atoms with Gasteiger partial charge in [0.05, 0.1) is 0 Å². The Morgan fingerprint density at radius 3 is 2.56 bits per heavy atom. The minimum Gasteiger partial charge on any atom is -0.480 e. The number of nitrogens with one attached hydrogen (secondary N) is 2. The van der Waals surface area contributed by atoms with Crippen LogP contribution in [-0.4, -0.2) is 42.0 Å². The van der Waals surface area contributed by atoms with Crippen LogP contribution in [0, 0.1) is 0 Å². The maximum Gasteiger partial charge on any atom is 0.320 e. The summed E-state index contributed by atoms with van der Waals surface area (Å²) in [6, 6.07) is 6.56. The Morgan fingerprint density at radius 2 is 2.00 bits per heavy atom. The average molecular weight is 347 g/mol. The second-order valence-electron chi connectivity index (χ2n) is 6.13. The summed E-state index contributed by atoms with van der Waals surface area (Å²) >= 11 is 0. The van der Waals surface area contributed by atoms with Gasteiger partial charge in [0.15, 0.2) is 0 Å². The molecule has 2 rings (SSSR count). The van der Waals surface area contributed by atoms with Crippen molar-refractivity contribution in [1.82, 2.24) is 5.32 Å². The number of carbonyl (C=O) groups excluding carboxylic acids is 2. The molecule has 1 unspecified atom stereocenters. The maximum atomic E-state index is 12.0. The Bertz CT molecular complexity index is 615. The van der Waals surface area contributed by atoms with Gasteiger partial charge in [-0.2, -0.15) is 0 Å². The normalized spacial score (nSPS) is 15.2. The van der Waals surface area contributed by atoms with Crippen molar-refractivity contribution in [2.24, 2.45) is 0 Å². The molecular formula is C18H25N3O4. The van der Waals surface area contributed by atoms with Gasteiger partial charge in [0.2, 0.25) is 11.8 Å². The van der Waals surface area contributed by atoms with Crippen LogP contribution in [-0.2, 0) is 14.4 Å². The van der Waals surface area contributed by atoms with Crippen LogP contribution in [0.5, 0.6) is 0 Å². The summed E-state index contributed by atoms with van der Waals surface area (Å²) in [5.41, 5.74) is 1.50. The van der Waals surface area contributed by atoms with E-state index in [2.05, 4.69) is 10.6 Å². The number of rotatable bonds is 9. The fourth-order valence-electron chi connectivity index (χ4n) is 2.83. The first-order chi connectivity index (χ1) is 12.0. The molecule has 0 spiro atoms. The maximum absolute atomic E-state index is 12.0. The Kier molecular flexibility index (Phi) is 6.94. The predicted octanol–water partition coefficient (Wildman–Crippen LogP) is 1.98. The summed E-state index contributed by atoms with van der Waals surface area (Å²) in [5.74, 6) is -0.949. The molecule has 1 aliphatic rings. The number of anilines is 2. The smallest absolute Gasteiger partial charge is 0.320 e. The molecule has 1 atom stereocenters. The molecule has 0 radical (unpaired) electrons. The number of benzene rings is 1. The van der Waals surface area contributed by atoms with Crippen molar-refractivity contribution >= 4 is 29.2 Å². The zero-order chi connectivity index (χ0) is 18.2. The van der Waals surface area contributed by atoms with E-state index in [1.807, 2.05) is 19.1 Å². The molecule has 0 aromatic heterocycles. The predicted molar refractivity (Wildman–Crippen MR) is 95.6 cm³/mol. The van der Waals surface area contributed by atoms with Crippen LogP contribution < -0.4 is 15.5 Å². The minimum atomic E-state index is -0.894. The van der Waals surface area contributed by atoms with Crippen LogP contribution in [0.15, 0.2) is 24.3 Å². The van der Waals surface area contributed by atoms with Gasteiger partial charge in [-0.15, -0.1) is 0 Å². The zero-order valence-electron chi connectivity index (χ0n) is 14.5. The summed E-state index contributed by atoms with van der Waals surface area (Å²) in [5, 5.41) is 14.7. The Labute approximate surface area is 147 Å². The lowest BCUT2D eigenvalue weighted by atomic mass is 10.1. The van der Waals surface area contributed by atoms with Crippen LogP contribution in [0.1, 0.15) is 39.0 Å². The molecule has 3 N–H and O–H groups in total. The number of hydrogen-bond donors (Lipinski definition) is 3. The lowest BCUT2D eigenvalue weighted by Crippen LogP contribution is -2.38. The van der Waals surface area contributed by atoms with Crippen molar-refractivity contribution in [3.63, 3.8) is 0 Å². The monoisotopic (exact) mass is 347 g/mol. The summed E-state index contributed by atoms with van der Waals surface area (Å²) < 4.78 is 0. The standard InChI is InChI=1S/C18H25N3O4/c1-2-4-15(18(24)25)19-11-10-16(22)20-13-6-8-14(9-7-13)21-12-3-5-17(21)23/h6-9,15,19H,2-5,10-12H2,1H3,(H,20,22)(H,24,25). The highest BCUT2D eigenvalue weighted by molar-refractivity contribution is 5.96. The third-order valence-corrected chi connectivity index (χ3v) is 4.15. The average Bonchev–Trinajstić information content (AvgIpc) is 3.00. The van der Waals surface area contributed by atoms with E-state index in [1.165, 1.54) is 0 Å². The highest BCUT2D eigenvalue weighted by Crippen LogP contribution is 2.23. The lowest BCUT2D eigenvalue weighted by Gasteiger charge is -2.16. The van der Waals surface area contributed by atoms with Gasteiger partial charge < -0.3 is 20.6 Å². The fourth-order valence-corrected chi connectivity index (χ4v) is 2.83. The number of carboxylic acids is 1. The SMILES string of the molecule is CCCC(NCCC(=O)Nc1ccc(N2CCCC2=O)cc1)C(=O)O. The van der Waals surface area contributed by atoms with E-state index in [4.69, 9.17) is 5.11 Å². The molecule has 1 heterocycles. The van der Waals surface area contributed by atoms with Crippen LogP contribution in [0.3, 0.4) is 0 Å². The largest absolute Gasteiger partial charge is 0.480 e. The Morgan fingerprint density at radius 1 is 1.28 bits per heavy atom. The molecular weight excluding hydrogens is 322 g/mol. The molecule has 7 nitrogen and oxygen atoms in total. The highest BCUT2D eigenvalue weighted by Gasteiger charge is 2.21. The van der Waals surface area contributed by atoms with Crippen LogP contribution in [0.2, 0.25) is 0 Å². The molecule has 136 valence electrons. The molecule has 7 heteroatoms. The minimum absolute atomic E-state index is 0.128. The van der Waals surface area contributed by atoms with Crippen LogP contribution in [0.4, 0.5) is 11.4 Å². The number of amides is 2. The molecule has 1 aromatic carbocycles. The van der Waals surface area contributed by atoms with E-state index in [9.17, 15) is 14.4 Å². The summed E-state index contributed by atoms with van der Waals surface area (Å²) in [7, 11) is 0. The van der Waals surface area contributed by atoms with Gasteiger partial charge in [-0.1, -0.05) is 13.3 Å². The zero-order valence-corrected chi connectivity index (χ0v) is 14.5. The number of carbonyl (C=O) groups is 3. The van der Waals surface area contributed by atoms with Crippen molar-refractivity contribution in [3.05, 3.63) is 24.3 Å². The van der Waals surface area contributed by atoms with Gasteiger partial charge in [0, 0.05) is 37.3 Å². The van der Waals surface area contributed by atoms with Gasteiger partial charge in [-0.3, -0.25) is 14.4 Å². The first-order valence-corrected chi connectivity index (χ1v) is 8.67. The van der Waals surface area contributed by atoms with E-state index in [-0.39, 0.29) is 18.2 Å². The van der Waals surface area contributed by atoms with Crippen LogP contribution >= 0.6 is 0 Å². The summed E-state index contributed by atoms with van der Waals surface area (Å²) in [4.78, 5) is 36.4. The Hall–Kier alpha value is -2.41. The van der Waals surface area contributed by atoms with Gasteiger partial charge in [-0.25, -0.2) is 0 Å². The quantitative estimate of drug-likeness (QED) is 0.634. The molecule has 1 aromatic rings. The van der Waals surface area contributed by atoms with Gasteiger partial charge in [0.25, 0.3) is 0 Å². The first-order valence-electron chi connectivity index (χ1n) is 8.67. The molecule has 25 heavy (non-hydrogen) atoms. The van der Waals surface area contributed by atoms with E-state index < -0.39 is 12.0 Å². The second-order valence-corrected chi connectivity index (χ2v) is 6.13. The van der Waals surface area contributed by atoms with E-state index in [1.54, 1.807) is 17.0 Å². The van der Waals surface area contributed by atoms with E-state index in [0.29, 0.717) is 25.1 Å². The highest BCUT2D eigenvalue weighted by atomic mass is 16.4. The molecule has 0 saturated carbocycles. The van der Waals surface area contributed by atoms with E-state index >= 15 is 0 Å². The molecule has 2 amide bonds. The van der Waals surface area contributed by atoms with Gasteiger partial charge in [0.1, 0.15) is 6.04 Å². The lowest BCUT2D eigenvalue weighted by molar-refractivity contribution is -0.139. The van der Waals surface area contributed by atoms with Crippen molar-refractivity contribution in [2.75, 3.05) is 23.3 Å². The summed E-state index contributed by atoms with van der Waals surface area (Å²) in [6.07, 6.45) is 2.95. The third kappa shape index (κ3) is 5.56. The fraction of sp³-hybridized carbons (Fsp3) is 0.500. The number of carboxylic acid groups (broad SMARTS) is 1. The van der Waals surface area contributed by atoms with Crippen LogP contribution in [0.25, 0.3) is 0 Å². The topological polar surface area (TPSA) is 98.7 Å². The van der Waals surface area contributed by atoms with Crippen molar-refractivity contribution in [3.8, 4) is 0 Å². The molecule has 0 bridgehead atoms. The van der Waals surface area contributed by atoms with Crippen molar-refractivity contribution in [2.45, 2.75) is 45.1 Å². The Balaban J connectivity index is 1.78. The summed E-state index contributed by atoms with van der Waals surface area (Å²) in [6.45, 7) is 2.96. The van der Waals surface area contributed by atoms with E-state index in [0.717, 1.165) is 25.1 Å².